The molecule has 0 fully saturated rings. The molecule has 0 radical (unpaired) electrons. The van der Waals surface area contributed by atoms with E-state index in [1.807, 2.05) is 18.2 Å². The molecule has 0 saturated carbocycles. The molecule has 1 aliphatic rings. The highest BCUT2D eigenvalue weighted by atomic mass is 79.9. The van der Waals surface area contributed by atoms with E-state index >= 15 is 0 Å². The molecule has 0 N–H and O–H groups in total. The first kappa shape index (κ1) is 16.2. The molecule has 0 spiro atoms. The Balaban J connectivity index is 2.00. The maximum absolute atomic E-state index is 6.31. The van der Waals surface area contributed by atoms with Crippen LogP contribution in [0.3, 0.4) is 0 Å². The van der Waals surface area contributed by atoms with Crippen molar-refractivity contribution in [2.45, 2.75) is 5.41 Å². The first-order chi connectivity index (χ1) is 11.6. The van der Waals surface area contributed by atoms with Gasteiger partial charge in [-0.15, -0.1) is 0 Å². The fourth-order valence-electron chi connectivity index (χ4n) is 3.34. The maximum Gasteiger partial charge on any atom is 0.124 e. The molecule has 3 aromatic carbocycles. The van der Waals surface area contributed by atoms with Crippen LogP contribution < -0.4 is 4.74 Å². The van der Waals surface area contributed by atoms with Crippen molar-refractivity contribution in [3.63, 3.8) is 0 Å². The monoisotopic (exact) mass is 462 g/mol. The minimum Gasteiger partial charge on any atom is -0.492 e. The molecule has 0 bridgehead atoms. The molecule has 120 valence electrons. The Morgan fingerprint density at radius 3 is 1.88 bits per heavy atom. The van der Waals surface area contributed by atoms with Crippen molar-refractivity contribution in [2.75, 3.05) is 6.61 Å². The van der Waals surface area contributed by atoms with Gasteiger partial charge in [-0.2, -0.15) is 0 Å². The van der Waals surface area contributed by atoms with E-state index in [9.17, 15) is 0 Å². The van der Waals surface area contributed by atoms with Gasteiger partial charge in [0.15, 0.2) is 0 Å². The van der Waals surface area contributed by atoms with Crippen molar-refractivity contribution < 1.29 is 4.74 Å². The number of halogens is 3. The molecule has 1 nitrogen and oxygen atoms in total. The number of benzene rings is 3. The van der Waals surface area contributed by atoms with Gasteiger partial charge in [0.2, 0.25) is 0 Å². The van der Waals surface area contributed by atoms with Gasteiger partial charge in [-0.25, -0.2) is 0 Å². The lowest BCUT2D eigenvalue weighted by Gasteiger charge is -2.30. The lowest BCUT2D eigenvalue weighted by Crippen LogP contribution is -2.31. The third-order valence-electron chi connectivity index (χ3n) is 4.52. The van der Waals surface area contributed by atoms with Crippen molar-refractivity contribution >= 4 is 43.5 Å². The first-order valence-electron chi connectivity index (χ1n) is 7.54. The van der Waals surface area contributed by atoms with Gasteiger partial charge < -0.3 is 4.74 Å². The number of ether oxygens (including phenoxy) is 1. The van der Waals surface area contributed by atoms with Crippen molar-refractivity contribution in [3.8, 4) is 5.75 Å². The number of fused-ring (bicyclic) bond motifs is 1. The van der Waals surface area contributed by atoms with E-state index in [4.69, 9.17) is 16.3 Å². The lowest BCUT2D eigenvalue weighted by molar-refractivity contribution is 0.313. The van der Waals surface area contributed by atoms with E-state index in [-0.39, 0.29) is 5.41 Å². The zero-order valence-electron chi connectivity index (χ0n) is 12.6. The Morgan fingerprint density at radius 1 is 0.792 bits per heavy atom. The second-order valence-electron chi connectivity index (χ2n) is 5.85. The van der Waals surface area contributed by atoms with Gasteiger partial charge in [0, 0.05) is 19.5 Å². The van der Waals surface area contributed by atoms with Crippen molar-refractivity contribution in [2.24, 2.45) is 0 Å². The summed E-state index contributed by atoms with van der Waals surface area (Å²) >= 11 is 13.3. The zero-order valence-corrected chi connectivity index (χ0v) is 16.5. The van der Waals surface area contributed by atoms with Gasteiger partial charge in [-0.3, -0.25) is 0 Å². The quantitative estimate of drug-likeness (QED) is 0.416. The van der Waals surface area contributed by atoms with Crippen LogP contribution in [0, 0.1) is 0 Å². The average Bonchev–Trinajstić information content (AvgIpc) is 2.96. The lowest BCUT2D eigenvalue weighted by atomic mass is 9.71. The smallest absolute Gasteiger partial charge is 0.124 e. The molecule has 0 unspecified atom stereocenters. The van der Waals surface area contributed by atoms with Crippen LogP contribution in [-0.4, -0.2) is 6.61 Å². The summed E-state index contributed by atoms with van der Waals surface area (Å²) in [6, 6.07) is 22.7. The minimum absolute atomic E-state index is 0.359. The molecule has 0 saturated heterocycles. The van der Waals surface area contributed by atoms with Gasteiger partial charge in [0.25, 0.3) is 0 Å². The summed E-state index contributed by atoms with van der Waals surface area (Å²) in [7, 11) is 0. The van der Waals surface area contributed by atoms with Crippen LogP contribution in [0.4, 0.5) is 0 Å². The molecule has 0 amide bonds. The normalized spacial score (nSPS) is 15.0. The van der Waals surface area contributed by atoms with E-state index in [1.54, 1.807) is 0 Å². The molecular formula is C20H13Br2ClO. The predicted molar refractivity (Wildman–Crippen MR) is 105 cm³/mol. The highest BCUT2D eigenvalue weighted by Gasteiger charge is 2.44. The predicted octanol–water partition coefficient (Wildman–Crippen LogP) is 6.59. The summed E-state index contributed by atoms with van der Waals surface area (Å²) in [5.74, 6) is 0.894. The second-order valence-corrected chi connectivity index (χ2v) is 8.12. The summed E-state index contributed by atoms with van der Waals surface area (Å²) in [6.45, 7) is 0.561. The minimum atomic E-state index is -0.359. The standard InChI is InChI=1S/C20H13Br2ClO/c21-15-5-1-13(2-6-15)20(14-3-7-16(22)8-4-14)12-24-19-10-9-17(23)11-18(19)20/h1-11H,12H2. The van der Waals surface area contributed by atoms with Crippen LogP contribution in [0.15, 0.2) is 75.7 Å². The summed E-state index contributed by atoms with van der Waals surface area (Å²) in [5, 5.41) is 0.720. The zero-order chi connectivity index (χ0) is 16.7. The molecule has 24 heavy (non-hydrogen) atoms. The molecule has 4 rings (SSSR count). The first-order valence-corrected chi connectivity index (χ1v) is 9.51. The molecule has 3 aromatic rings. The largest absolute Gasteiger partial charge is 0.492 e. The number of hydrogen-bond acceptors (Lipinski definition) is 1. The summed E-state index contributed by atoms with van der Waals surface area (Å²) in [5.41, 5.74) is 3.13. The van der Waals surface area contributed by atoms with Crippen LogP contribution in [0.25, 0.3) is 0 Å². The fourth-order valence-corrected chi connectivity index (χ4v) is 4.04. The van der Waals surface area contributed by atoms with E-state index in [0.717, 1.165) is 25.3 Å². The fraction of sp³-hybridized carbons (Fsp3) is 0.100. The highest BCUT2D eigenvalue weighted by Crippen LogP contribution is 2.49. The number of rotatable bonds is 2. The Labute approximate surface area is 162 Å². The van der Waals surface area contributed by atoms with E-state index in [2.05, 4.69) is 80.4 Å². The van der Waals surface area contributed by atoms with Crippen LogP contribution in [0.2, 0.25) is 5.02 Å². The van der Waals surface area contributed by atoms with Crippen molar-refractivity contribution in [1.29, 1.82) is 0 Å². The Hall–Kier alpha value is -1.29. The van der Waals surface area contributed by atoms with Crippen LogP contribution >= 0.6 is 43.5 Å². The summed E-state index contributed by atoms with van der Waals surface area (Å²) < 4.78 is 8.17. The number of hydrogen-bond donors (Lipinski definition) is 0. The van der Waals surface area contributed by atoms with E-state index in [1.165, 1.54) is 11.1 Å². The maximum atomic E-state index is 6.31. The molecule has 4 heteroatoms. The van der Waals surface area contributed by atoms with E-state index < -0.39 is 0 Å². The topological polar surface area (TPSA) is 9.23 Å². The third kappa shape index (κ3) is 2.59. The van der Waals surface area contributed by atoms with Gasteiger partial charge in [0.05, 0.1) is 5.41 Å². The van der Waals surface area contributed by atoms with E-state index in [0.29, 0.717) is 6.61 Å². The summed E-state index contributed by atoms with van der Waals surface area (Å²) in [4.78, 5) is 0. The SMILES string of the molecule is Clc1ccc2c(c1)C(c1ccc(Br)cc1)(c1ccc(Br)cc1)CO2. The van der Waals surface area contributed by atoms with Gasteiger partial charge in [-0.05, 0) is 53.6 Å². The summed E-state index contributed by atoms with van der Waals surface area (Å²) in [6.07, 6.45) is 0. The van der Waals surface area contributed by atoms with Gasteiger partial charge in [0.1, 0.15) is 12.4 Å². The molecular weight excluding hydrogens is 451 g/mol. The molecule has 0 aliphatic carbocycles. The second kappa shape index (κ2) is 6.21. The van der Waals surface area contributed by atoms with Crippen LogP contribution in [0.5, 0.6) is 5.75 Å². The average molecular weight is 465 g/mol. The van der Waals surface area contributed by atoms with Crippen LogP contribution in [-0.2, 0) is 5.41 Å². The Morgan fingerprint density at radius 2 is 1.33 bits per heavy atom. The van der Waals surface area contributed by atoms with Gasteiger partial charge >= 0.3 is 0 Å². The van der Waals surface area contributed by atoms with Gasteiger partial charge in [-0.1, -0.05) is 67.7 Å². The Bertz CT molecular complexity index is 843. The third-order valence-corrected chi connectivity index (χ3v) is 5.81. The molecule has 0 atom stereocenters. The molecule has 0 aromatic heterocycles. The Kier molecular flexibility index (Phi) is 4.19. The molecule has 1 aliphatic heterocycles. The van der Waals surface area contributed by atoms with Crippen LogP contribution in [0.1, 0.15) is 16.7 Å². The molecule has 1 heterocycles. The van der Waals surface area contributed by atoms with Crippen molar-refractivity contribution in [3.05, 3.63) is 97.4 Å². The highest BCUT2D eigenvalue weighted by molar-refractivity contribution is 9.10. The van der Waals surface area contributed by atoms with Crippen molar-refractivity contribution in [1.82, 2.24) is 0 Å².